The highest BCUT2D eigenvalue weighted by Crippen LogP contribution is 2.28. The summed E-state index contributed by atoms with van der Waals surface area (Å²) in [6.45, 7) is 2.50. The highest BCUT2D eigenvalue weighted by molar-refractivity contribution is 7.19. The van der Waals surface area contributed by atoms with Gasteiger partial charge in [0.1, 0.15) is 11.9 Å². The average molecular weight is 362 g/mol. The summed E-state index contributed by atoms with van der Waals surface area (Å²) in [6, 6.07) is 7.08. The quantitative estimate of drug-likeness (QED) is 0.907. The second kappa shape index (κ2) is 7.40. The first-order valence-electron chi connectivity index (χ1n) is 9.00. The van der Waals surface area contributed by atoms with Crippen molar-refractivity contribution in [3.63, 3.8) is 0 Å². The molecule has 1 aromatic heterocycles. The SMILES string of the molecule is O=C(NCc1cc2cc(F)ccc2s1)C1COCCN1C1CCCC1. The van der Waals surface area contributed by atoms with Crippen LogP contribution >= 0.6 is 11.3 Å². The minimum atomic E-state index is -0.229. The van der Waals surface area contributed by atoms with Gasteiger partial charge in [0.2, 0.25) is 5.91 Å². The Morgan fingerprint density at radius 2 is 2.16 bits per heavy atom. The molecule has 0 radical (unpaired) electrons. The number of carbonyl (C=O) groups excluding carboxylic acids is 1. The number of carbonyl (C=O) groups is 1. The van der Waals surface area contributed by atoms with E-state index in [9.17, 15) is 9.18 Å². The Balaban J connectivity index is 1.41. The predicted octanol–water partition coefficient (Wildman–Crippen LogP) is 3.30. The van der Waals surface area contributed by atoms with E-state index in [-0.39, 0.29) is 17.8 Å². The van der Waals surface area contributed by atoms with Crippen molar-refractivity contribution in [3.05, 3.63) is 35.0 Å². The predicted molar refractivity (Wildman–Crippen MR) is 97.2 cm³/mol. The Morgan fingerprint density at radius 3 is 3.00 bits per heavy atom. The van der Waals surface area contributed by atoms with Gasteiger partial charge < -0.3 is 10.1 Å². The molecule has 1 aromatic carbocycles. The van der Waals surface area contributed by atoms with Crippen molar-refractivity contribution in [2.45, 2.75) is 44.3 Å². The number of amides is 1. The van der Waals surface area contributed by atoms with Crippen molar-refractivity contribution < 1.29 is 13.9 Å². The van der Waals surface area contributed by atoms with E-state index < -0.39 is 0 Å². The largest absolute Gasteiger partial charge is 0.378 e. The highest BCUT2D eigenvalue weighted by Gasteiger charge is 2.35. The number of fused-ring (bicyclic) bond motifs is 1. The summed E-state index contributed by atoms with van der Waals surface area (Å²) in [5.41, 5.74) is 0. The van der Waals surface area contributed by atoms with Crippen LogP contribution in [0.3, 0.4) is 0 Å². The number of benzene rings is 1. The maximum atomic E-state index is 13.3. The van der Waals surface area contributed by atoms with E-state index in [1.807, 2.05) is 6.07 Å². The molecular formula is C19H23FN2O2S. The van der Waals surface area contributed by atoms with E-state index in [1.165, 1.54) is 37.8 Å². The van der Waals surface area contributed by atoms with Gasteiger partial charge in [-0.2, -0.15) is 0 Å². The van der Waals surface area contributed by atoms with Crippen molar-refractivity contribution in [1.29, 1.82) is 0 Å². The summed E-state index contributed by atoms with van der Waals surface area (Å²) in [5, 5.41) is 3.95. The van der Waals surface area contributed by atoms with Gasteiger partial charge in [-0.3, -0.25) is 9.69 Å². The lowest BCUT2D eigenvalue weighted by atomic mass is 10.1. The van der Waals surface area contributed by atoms with Crippen molar-refractivity contribution in [1.82, 2.24) is 10.2 Å². The van der Waals surface area contributed by atoms with E-state index in [2.05, 4.69) is 10.2 Å². The third kappa shape index (κ3) is 3.71. The zero-order valence-corrected chi connectivity index (χ0v) is 15.0. The maximum Gasteiger partial charge on any atom is 0.240 e. The molecule has 1 aliphatic heterocycles. The molecule has 1 N–H and O–H groups in total. The van der Waals surface area contributed by atoms with Gasteiger partial charge in [0.15, 0.2) is 0 Å². The Labute approximate surface area is 151 Å². The van der Waals surface area contributed by atoms with Crippen LogP contribution in [0.25, 0.3) is 10.1 Å². The van der Waals surface area contributed by atoms with Crippen LogP contribution in [0.4, 0.5) is 4.39 Å². The molecule has 2 fully saturated rings. The first-order valence-corrected chi connectivity index (χ1v) is 9.81. The molecule has 1 aliphatic carbocycles. The zero-order chi connectivity index (χ0) is 17.2. The van der Waals surface area contributed by atoms with E-state index in [1.54, 1.807) is 17.4 Å². The molecule has 2 aromatic rings. The summed E-state index contributed by atoms with van der Waals surface area (Å²) in [6.07, 6.45) is 4.89. The van der Waals surface area contributed by atoms with Crippen molar-refractivity contribution >= 4 is 27.3 Å². The van der Waals surface area contributed by atoms with Gasteiger partial charge in [-0.05, 0) is 42.5 Å². The Bertz CT molecular complexity index is 757. The number of thiophene rings is 1. The maximum absolute atomic E-state index is 13.3. The molecule has 1 saturated carbocycles. The topological polar surface area (TPSA) is 41.6 Å². The number of rotatable bonds is 4. The lowest BCUT2D eigenvalue weighted by Gasteiger charge is -2.38. The number of morpholine rings is 1. The van der Waals surface area contributed by atoms with Gasteiger partial charge in [0, 0.05) is 22.2 Å². The fraction of sp³-hybridized carbons (Fsp3) is 0.526. The van der Waals surface area contributed by atoms with Crippen LogP contribution in [-0.2, 0) is 16.1 Å². The Morgan fingerprint density at radius 1 is 1.32 bits per heavy atom. The molecule has 4 nitrogen and oxygen atoms in total. The fourth-order valence-electron chi connectivity index (χ4n) is 3.96. The van der Waals surface area contributed by atoms with Crippen LogP contribution in [0.5, 0.6) is 0 Å². The highest BCUT2D eigenvalue weighted by atomic mass is 32.1. The number of nitrogens with one attached hydrogen (secondary N) is 1. The van der Waals surface area contributed by atoms with E-state index >= 15 is 0 Å². The van der Waals surface area contributed by atoms with E-state index in [0.29, 0.717) is 25.8 Å². The number of hydrogen-bond donors (Lipinski definition) is 1. The lowest BCUT2D eigenvalue weighted by molar-refractivity contribution is -0.134. The van der Waals surface area contributed by atoms with Crippen LogP contribution in [-0.4, -0.2) is 42.6 Å². The summed E-state index contributed by atoms with van der Waals surface area (Å²) >= 11 is 1.59. The first kappa shape index (κ1) is 16.9. The van der Waals surface area contributed by atoms with Crippen LogP contribution in [0.2, 0.25) is 0 Å². The van der Waals surface area contributed by atoms with Crippen molar-refractivity contribution in [2.75, 3.05) is 19.8 Å². The second-order valence-electron chi connectivity index (χ2n) is 6.88. The normalized spacial score (nSPS) is 22.5. The number of halogens is 1. The Kier molecular flexibility index (Phi) is 5.01. The molecule has 4 rings (SSSR count). The second-order valence-corrected chi connectivity index (χ2v) is 8.05. The standard InChI is InChI=1S/C19H23FN2O2S/c20-14-5-6-18-13(9-14)10-16(25-18)11-21-19(23)17-12-24-8-7-22(17)15-3-1-2-4-15/h5-6,9-10,15,17H,1-4,7-8,11-12H2,(H,21,23). The number of nitrogens with zero attached hydrogens (tertiary/aromatic N) is 1. The number of ether oxygens (including phenoxy) is 1. The van der Waals surface area contributed by atoms with Crippen molar-refractivity contribution in [2.24, 2.45) is 0 Å². The first-order chi connectivity index (χ1) is 12.2. The summed E-state index contributed by atoms with van der Waals surface area (Å²) in [7, 11) is 0. The van der Waals surface area contributed by atoms with Gasteiger partial charge >= 0.3 is 0 Å². The number of hydrogen-bond acceptors (Lipinski definition) is 4. The van der Waals surface area contributed by atoms with Crippen LogP contribution in [0, 0.1) is 5.82 Å². The molecule has 2 heterocycles. The molecule has 1 atom stereocenters. The molecule has 1 amide bonds. The zero-order valence-electron chi connectivity index (χ0n) is 14.2. The lowest BCUT2D eigenvalue weighted by Crippen LogP contribution is -2.56. The molecule has 0 spiro atoms. The minimum absolute atomic E-state index is 0.0373. The van der Waals surface area contributed by atoms with Crippen molar-refractivity contribution in [3.8, 4) is 0 Å². The van der Waals surface area contributed by atoms with Gasteiger partial charge in [0.25, 0.3) is 0 Å². The van der Waals surface area contributed by atoms with Crippen LogP contribution < -0.4 is 5.32 Å². The molecule has 1 saturated heterocycles. The van der Waals surface area contributed by atoms with Crippen LogP contribution in [0.15, 0.2) is 24.3 Å². The summed E-state index contributed by atoms with van der Waals surface area (Å²) in [5.74, 6) is -0.192. The third-order valence-corrected chi connectivity index (χ3v) is 6.35. The smallest absolute Gasteiger partial charge is 0.240 e. The van der Waals surface area contributed by atoms with E-state index in [0.717, 1.165) is 21.5 Å². The molecule has 2 aliphatic rings. The van der Waals surface area contributed by atoms with E-state index in [4.69, 9.17) is 4.74 Å². The van der Waals surface area contributed by atoms with Gasteiger partial charge in [-0.15, -0.1) is 11.3 Å². The third-order valence-electron chi connectivity index (χ3n) is 5.23. The summed E-state index contributed by atoms with van der Waals surface area (Å²) < 4.78 is 19.9. The molecule has 25 heavy (non-hydrogen) atoms. The molecule has 1 unspecified atom stereocenters. The van der Waals surface area contributed by atoms with Gasteiger partial charge in [-0.1, -0.05) is 12.8 Å². The summed E-state index contributed by atoms with van der Waals surface area (Å²) in [4.78, 5) is 16.1. The van der Waals surface area contributed by atoms with Crippen LogP contribution in [0.1, 0.15) is 30.6 Å². The fourth-order valence-corrected chi connectivity index (χ4v) is 4.95. The molecule has 6 heteroatoms. The van der Waals surface area contributed by atoms with Gasteiger partial charge in [0.05, 0.1) is 19.8 Å². The van der Waals surface area contributed by atoms with Gasteiger partial charge in [-0.25, -0.2) is 4.39 Å². The molecule has 134 valence electrons. The molecular weight excluding hydrogens is 339 g/mol. The Hall–Kier alpha value is -1.50. The monoisotopic (exact) mass is 362 g/mol. The average Bonchev–Trinajstić information content (AvgIpc) is 3.28. The molecule has 0 bridgehead atoms. The minimum Gasteiger partial charge on any atom is -0.378 e.